The zero-order valence-electron chi connectivity index (χ0n) is 13.0. The Hall–Kier alpha value is -1.59. The molecule has 0 saturated heterocycles. The first-order valence-electron chi connectivity index (χ1n) is 7.41. The van der Waals surface area contributed by atoms with Crippen LogP contribution in [0.25, 0.3) is 0 Å². The summed E-state index contributed by atoms with van der Waals surface area (Å²) >= 11 is 0. The summed E-state index contributed by atoms with van der Waals surface area (Å²) in [5, 5.41) is 5.59. The third kappa shape index (κ3) is 9.37. The van der Waals surface area contributed by atoms with Gasteiger partial charge in [-0.2, -0.15) is 0 Å². The quantitative estimate of drug-likeness (QED) is 0.606. The lowest BCUT2D eigenvalue weighted by atomic mass is 10.1. The standard InChI is InChI=1S/C16H25N3O2.ClH/c1-13(20)18-11-7-3-6-10-16(21)19-12-15(17)14-8-4-2-5-9-14;/h2,4-5,8-9,15H,3,6-7,10-12,17H2,1H3,(H,18,20)(H,19,21);1H. The lowest BCUT2D eigenvalue weighted by molar-refractivity contribution is -0.121. The zero-order valence-corrected chi connectivity index (χ0v) is 13.8. The number of halogens is 1. The molecule has 0 aliphatic heterocycles. The largest absolute Gasteiger partial charge is 0.356 e. The molecule has 0 aliphatic rings. The lowest BCUT2D eigenvalue weighted by Crippen LogP contribution is -2.31. The maximum absolute atomic E-state index is 11.7. The maximum Gasteiger partial charge on any atom is 0.220 e. The molecule has 1 rings (SSSR count). The van der Waals surface area contributed by atoms with Gasteiger partial charge < -0.3 is 16.4 Å². The van der Waals surface area contributed by atoms with Gasteiger partial charge in [0, 0.05) is 32.5 Å². The van der Waals surface area contributed by atoms with Gasteiger partial charge in [-0.1, -0.05) is 36.8 Å². The average molecular weight is 328 g/mol. The van der Waals surface area contributed by atoms with Crippen molar-refractivity contribution in [1.82, 2.24) is 10.6 Å². The van der Waals surface area contributed by atoms with E-state index in [2.05, 4.69) is 10.6 Å². The van der Waals surface area contributed by atoms with Gasteiger partial charge in [0.2, 0.25) is 11.8 Å². The minimum absolute atomic E-state index is 0. The van der Waals surface area contributed by atoms with Crippen LogP contribution in [0, 0.1) is 0 Å². The number of hydrogen-bond donors (Lipinski definition) is 3. The van der Waals surface area contributed by atoms with E-state index in [9.17, 15) is 9.59 Å². The van der Waals surface area contributed by atoms with E-state index in [0.29, 0.717) is 19.5 Å². The van der Waals surface area contributed by atoms with E-state index in [1.165, 1.54) is 6.92 Å². The third-order valence-electron chi connectivity index (χ3n) is 3.20. The Labute approximate surface area is 138 Å². The predicted octanol–water partition coefficient (Wildman–Crippen LogP) is 1.92. The Balaban J connectivity index is 0.00000441. The number of amides is 2. The summed E-state index contributed by atoms with van der Waals surface area (Å²) in [4.78, 5) is 22.3. The zero-order chi connectivity index (χ0) is 15.5. The van der Waals surface area contributed by atoms with E-state index in [0.717, 1.165) is 24.8 Å². The maximum atomic E-state index is 11.7. The van der Waals surface area contributed by atoms with Crippen LogP contribution in [0.1, 0.15) is 44.2 Å². The van der Waals surface area contributed by atoms with Crippen LogP contribution in [0.5, 0.6) is 0 Å². The summed E-state index contributed by atoms with van der Waals surface area (Å²) in [5.74, 6) is 0.0172. The van der Waals surface area contributed by atoms with Gasteiger partial charge in [-0.05, 0) is 18.4 Å². The van der Waals surface area contributed by atoms with Crippen molar-refractivity contribution < 1.29 is 9.59 Å². The van der Waals surface area contributed by atoms with Gasteiger partial charge in [0.1, 0.15) is 0 Å². The Morgan fingerprint density at radius 1 is 1.09 bits per heavy atom. The van der Waals surface area contributed by atoms with Crippen LogP contribution < -0.4 is 16.4 Å². The Bertz CT molecular complexity index is 440. The molecule has 6 heteroatoms. The molecular weight excluding hydrogens is 302 g/mol. The molecule has 0 radical (unpaired) electrons. The van der Waals surface area contributed by atoms with Crippen molar-refractivity contribution in [3.63, 3.8) is 0 Å². The third-order valence-corrected chi connectivity index (χ3v) is 3.20. The molecular formula is C16H26ClN3O2. The number of rotatable bonds is 9. The highest BCUT2D eigenvalue weighted by molar-refractivity contribution is 5.85. The molecule has 2 amide bonds. The van der Waals surface area contributed by atoms with E-state index >= 15 is 0 Å². The second-order valence-corrected chi connectivity index (χ2v) is 5.11. The fourth-order valence-corrected chi connectivity index (χ4v) is 1.98. The summed E-state index contributed by atoms with van der Waals surface area (Å²) in [6.45, 7) is 2.63. The summed E-state index contributed by atoms with van der Waals surface area (Å²) < 4.78 is 0. The van der Waals surface area contributed by atoms with Crippen LogP contribution in [-0.4, -0.2) is 24.9 Å². The Morgan fingerprint density at radius 3 is 2.41 bits per heavy atom. The van der Waals surface area contributed by atoms with Crippen LogP contribution in [0.2, 0.25) is 0 Å². The number of unbranched alkanes of at least 4 members (excludes halogenated alkanes) is 2. The highest BCUT2D eigenvalue weighted by Crippen LogP contribution is 2.08. The highest BCUT2D eigenvalue weighted by Gasteiger charge is 2.07. The number of carbonyl (C=O) groups excluding carboxylic acids is 2. The van der Waals surface area contributed by atoms with Gasteiger partial charge in [-0.15, -0.1) is 12.4 Å². The number of nitrogens with one attached hydrogen (secondary N) is 2. The minimum Gasteiger partial charge on any atom is -0.356 e. The van der Waals surface area contributed by atoms with Crippen molar-refractivity contribution in [1.29, 1.82) is 0 Å². The molecule has 0 saturated carbocycles. The highest BCUT2D eigenvalue weighted by atomic mass is 35.5. The minimum atomic E-state index is -0.171. The van der Waals surface area contributed by atoms with Gasteiger partial charge in [0.25, 0.3) is 0 Å². The van der Waals surface area contributed by atoms with Crippen molar-refractivity contribution in [3.8, 4) is 0 Å². The van der Waals surface area contributed by atoms with E-state index in [1.54, 1.807) is 0 Å². The molecule has 0 aliphatic carbocycles. The number of carbonyl (C=O) groups is 2. The van der Waals surface area contributed by atoms with Crippen LogP contribution in [-0.2, 0) is 9.59 Å². The predicted molar refractivity (Wildman–Crippen MR) is 90.8 cm³/mol. The molecule has 0 fully saturated rings. The first-order valence-corrected chi connectivity index (χ1v) is 7.41. The van der Waals surface area contributed by atoms with Crippen LogP contribution in [0.3, 0.4) is 0 Å². The molecule has 124 valence electrons. The van der Waals surface area contributed by atoms with E-state index < -0.39 is 0 Å². The van der Waals surface area contributed by atoms with Gasteiger partial charge in [0.05, 0.1) is 0 Å². The van der Waals surface area contributed by atoms with Gasteiger partial charge in [-0.25, -0.2) is 0 Å². The van der Waals surface area contributed by atoms with Gasteiger partial charge in [0.15, 0.2) is 0 Å². The van der Waals surface area contributed by atoms with Crippen LogP contribution in [0.15, 0.2) is 30.3 Å². The van der Waals surface area contributed by atoms with E-state index in [1.807, 2.05) is 30.3 Å². The molecule has 1 atom stereocenters. The molecule has 0 heterocycles. The fraction of sp³-hybridized carbons (Fsp3) is 0.500. The van der Waals surface area contributed by atoms with Gasteiger partial charge in [-0.3, -0.25) is 9.59 Å². The second-order valence-electron chi connectivity index (χ2n) is 5.11. The second kappa shape index (κ2) is 12.0. The molecule has 1 unspecified atom stereocenters. The molecule has 0 aromatic heterocycles. The number of hydrogen-bond acceptors (Lipinski definition) is 3. The topological polar surface area (TPSA) is 84.2 Å². The van der Waals surface area contributed by atoms with Crippen molar-refractivity contribution in [3.05, 3.63) is 35.9 Å². The lowest BCUT2D eigenvalue weighted by Gasteiger charge is -2.13. The first-order chi connectivity index (χ1) is 10.1. The summed E-state index contributed by atoms with van der Waals surface area (Å²) in [6.07, 6.45) is 3.16. The van der Waals surface area contributed by atoms with Crippen molar-refractivity contribution in [2.45, 2.75) is 38.6 Å². The van der Waals surface area contributed by atoms with Crippen molar-refractivity contribution in [2.24, 2.45) is 5.73 Å². The Morgan fingerprint density at radius 2 is 1.77 bits per heavy atom. The van der Waals surface area contributed by atoms with Crippen molar-refractivity contribution >= 4 is 24.2 Å². The molecule has 4 N–H and O–H groups in total. The Kier molecular flexibility index (Phi) is 11.1. The van der Waals surface area contributed by atoms with E-state index in [4.69, 9.17) is 5.73 Å². The molecule has 22 heavy (non-hydrogen) atoms. The summed E-state index contributed by atoms with van der Waals surface area (Å²) in [7, 11) is 0. The smallest absolute Gasteiger partial charge is 0.220 e. The summed E-state index contributed by atoms with van der Waals surface area (Å²) in [5.41, 5.74) is 7.03. The molecule has 1 aromatic carbocycles. The van der Waals surface area contributed by atoms with Gasteiger partial charge >= 0.3 is 0 Å². The fourth-order valence-electron chi connectivity index (χ4n) is 1.98. The van der Waals surface area contributed by atoms with Crippen LogP contribution >= 0.6 is 12.4 Å². The average Bonchev–Trinajstić information content (AvgIpc) is 2.49. The number of nitrogens with two attached hydrogens (primary N) is 1. The molecule has 0 spiro atoms. The molecule has 5 nitrogen and oxygen atoms in total. The first kappa shape index (κ1) is 20.4. The summed E-state index contributed by atoms with van der Waals surface area (Å²) in [6, 6.07) is 9.56. The van der Waals surface area contributed by atoms with Crippen LogP contribution in [0.4, 0.5) is 0 Å². The molecule has 0 bridgehead atoms. The monoisotopic (exact) mass is 327 g/mol. The molecule has 1 aromatic rings. The normalized spacial score (nSPS) is 11.2. The van der Waals surface area contributed by atoms with E-state index in [-0.39, 0.29) is 30.3 Å². The van der Waals surface area contributed by atoms with Crippen molar-refractivity contribution in [2.75, 3.05) is 13.1 Å². The SMILES string of the molecule is CC(=O)NCCCCCC(=O)NCC(N)c1ccccc1.Cl. The number of benzene rings is 1.